The topological polar surface area (TPSA) is 91.0 Å². The number of benzene rings is 1. The molecule has 1 aromatic rings. The maximum Gasteiger partial charge on any atom is 0.238 e. The minimum atomic E-state index is -1.05. The van der Waals surface area contributed by atoms with E-state index < -0.39 is 5.41 Å². The summed E-state index contributed by atoms with van der Waals surface area (Å²) in [6.45, 7) is 3.46. The monoisotopic (exact) mass is 278 g/mol. The Kier molecular flexibility index (Phi) is 4.96. The summed E-state index contributed by atoms with van der Waals surface area (Å²) >= 11 is 0. The summed E-state index contributed by atoms with van der Waals surface area (Å²) < 4.78 is 0. The molecule has 0 aromatic heterocycles. The third-order valence-electron chi connectivity index (χ3n) is 3.52. The molecule has 1 amide bonds. The van der Waals surface area contributed by atoms with Crippen LogP contribution in [-0.4, -0.2) is 31.0 Å². The Bertz CT molecular complexity index is 514. The standard InChI is InChI=1S/C14H22N4O2/c1-5-14(2,12(15)17-20)13(19)16-10-8-6-7-9-11(10)18(3)4/h6-9,20H,5H2,1-4H3,(H2,15,17)(H,16,19). The van der Waals surface area contributed by atoms with E-state index in [-0.39, 0.29) is 11.7 Å². The molecule has 6 nitrogen and oxygen atoms in total. The first-order chi connectivity index (χ1) is 9.36. The predicted molar refractivity (Wildman–Crippen MR) is 81.2 cm³/mol. The van der Waals surface area contributed by atoms with E-state index >= 15 is 0 Å². The second kappa shape index (κ2) is 6.27. The minimum absolute atomic E-state index is 0.0974. The Morgan fingerprint density at radius 2 is 2.05 bits per heavy atom. The number of amides is 1. The van der Waals surface area contributed by atoms with Gasteiger partial charge in [0.15, 0.2) is 5.84 Å². The summed E-state index contributed by atoms with van der Waals surface area (Å²) in [6.07, 6.45) is 0.429. The van der Waals surface area contributed by atoms with Crippen LogP contribution in [0.25, 0.3) is 0 Å². The number of nitrogens with two attached hydrogens (primary N) is 1. The van der Waals surface area contributed by atoms with E-state index in [1.54, 1.807) is 6.92 Å². The van der Waals surface area contributed by atoms with Gasteiger partial charge in [-0.15, -0.1) is 0 Å². The summed E-state index contributed by atoms with van der Waals surface area (Å²) in [5.74, 6) is -0.399. The van der Waals surface area contributed by atoms with Gasteiger partial charge >= 0.3 is 0 Å². The lowest BCUT2D eigenvalue weighted by Crippen LogP contribution is -2.44. The number of anilines is 2. The van der Waals surface area contributed by atoms with Crippen LogP contribution in [0.2, 0.25) is 0 Å². The van der Waals surface area contributed by atoms with Gasteiger partial charge in [-0.05, 0) is 25.5 Å². The summed E-state index contributed by atoms with van der Waals surface area (Å²) in [4.78, 5) is 14.3. The molecule has 0 aliphatic rings. The molecule has 6 heteroatoms. The number of nitrogens with one attached hydrogen (secondary N) is 1. The highest BCUT2D eigenvalue weighted by atomic mass is 16.4. The maximum absolute atomic E-state index is 12.4. The van der Waals surface area contributed by atoms with Crippen LogP contribution in [0.4, 0.5) is 11.4 Å². The van der Waals surface area contributed by atoms with Gasteiger partial charge in [-0.1, -0.05) is 24.2 Å². The molecule has 1 rings (SSSR count). The molecular weight excluding hydrogens is 256 g/mol. The Balaban J connectivity index is 3.07. The van der Waals surface area contributed by atoms with Gasteiger partial charge in [-0.3, -0.25) is 4.79 Å². The zero-order chi connectivity index (χ0) is 15.3. The lowest BCUT2D eigenvalue weighted by Gasteiger charge is -2.26. The quantitative estimate of drug-likeness (QED) is 0.332. The molecule has 1 atom stereocenters. The fourth-order valence-electron chi connectivity index (χ4n) is 1.80. The molecule has 4 N–H and O–H groups in total. The molecule has 20 heavy (non-hydrogen) atoms. The number of rotatable bonds is 5. The lowest BCUT2D eigenvalue weighted by molar-refractivity contribution is -0.121. The van der Waals surface area contributed by atoms with Crippen LogP contribution in [0.15, 0.2) is 29.4 Å². The van der Waals surface area contributed by atoms with Crippen LogP contribution in [-0.2, 0) is 4.79 Å². The van der Waals surface area contributed by atoms with E-state index in [4.69, 9.17) is 10.9 Å². The molecule has 0 saturated carbocycles. The van der Waals surface area contributed by atoms with E-state index in [2.05, 4.69) is 10.5 Å². The van der Waals surface area contributed by atoms with Crippen molar-refractivity contribution in [2.24, 2.45) is 16.3 Å². The SMILES string of the molecule is CCC(C)(C(=O)Nc1ccccc1N(C)C)/C(N)=N/O. The lowest BCUT2D eigenvalue weighted by atomic mass is 9.85. The van der Waals surface area contributed by atoms with Crippen LogP contribution in [0.3, 0.4) is 0 Å². The van der Waals surface area contributed by atoms with Gasteiger partial charge in [-0.2, -0.15) is 0 Å². The first kappa shape index (κ1) is 15.8. The molecule has 0 aliphatic carbocycles. The van der Waals surface area contributed by atoms with Gasteiger partial charge < -0.3 is 21.2 Å². The van der Waals surface area contributed by atoms with Crippen LogP contribution >= 0.6 is 0 Å². The van der Waals surface area contributed by atoms with Gasteiger partial charge in [0.2, 0.25) is 5.91 Å². The Hall–Kier alpha value is -2.24. The van der Waals surface area contributed by atoms with Crippen molar-refractivity contribution in [3.63, 3.8) is 0 Å². The van der Waals surface area contributed by atoms with Crippen molar-refractivity contribution in [2.45, 2.75) is 20.3 Å². The molecule has 0 saturated heterocycles. The Morgan fingerprint density at radius 1 is 1.45 bits per heavy atom. The number of carbonyl (C=O) groups is 1. The maximum atomic E-state index is 12.4. The Morgan fingerprint density at radius 3 is 2.55 bits per heavy atom. The number of amidine groups is 1. The molecule has 0 aliphatic heterocycles. The molecule has 0 spiro atoms. The van der Waals surface area contributed by atoms with Gasteiger partial charge in [0.05, 0.1) is 11.4 Å². The highest BCUT2D eigenvalue weighted by Gasteiger charge is 2.36. The van der Waals surface area contributed by atoms with Crippen molar-refractivity contribution in [3.8, 4) is 0 Å². The number of carbonyl (C=O) groups excluding carboxylic acids is 1. The molecule has 110 valence electrons. The van der Waals surface area contributed by atoms with Crippen molar-refractivity contribution >= 4 is 23.1 Å². The molecule has 1 aromatic carbocycles. The van der Waals surface area contributed by atoms with E-state index in [9.17, 15) is 4.79 Å². The minimum Gasteiger partial charge on any atom is -0.409 e. The van der Waals surface area contributed by atoms with E-state index in [1.165, 1.54) is 0 Å². The average Bonchev–Trinajstić information content (AvgIpc) is 2.45. The molecule has 0 heterocycles. The second-order valence-corrected chi connectivity index (χ2v) is 5.04. The fraction of sp³-hybridized carbons (Fsp3) is 0.429. The molecule has 0 fully saturated rings. The van der Waals surface area contributed by atoms with E-state index in [0.29, 0.717) is 12.1 Å². The summed E-state index contributed by atoms with van der Waals surface area (Å²) in [5.41, 5.74) is 6.17. The highest BCUT2D eigenvalue weighted by Crippen LogP contribution is 2.28. The second-order valence-electron chi connectivity index (χ2n) is 5.04. The zero-order valence-corrected chi connectivity index (χ0v) is 12.3. The van der Waals surface area contributed by atoms with Crippen molar-refractivity contribution in [1.29, 1.82) is 0 Å². The summed E-state index contributed by atoms with van der Waals surface area (Å²) in [7, 11) is 3.79. The van der Waals surface area contributed by atoms with Gasteiger partial charge in [0.25, 0.3) is 0 Å². The molecule has 0 bridgehead atoms. The summed E-state index contributed by atoms with van der Waals surface area (Å²) in [6, 6.07) is 7.46. The van der Waals surface area contributed by atoms with Crippen molar-refractivity contribution < 1.29 is 10.0 Å². The number of para-hydroxylation sites is 2. The van der Waals surface area contributed by atoms with E-state index in [1.807, 2.05) is 50.2 Å². The van der Waals surface area contributed by atoms with Crippen LogP contribution in [0.5, 0.6) is 0 Å². The number of hydrogen-bond donors (Lipinski definition) is 3. The fourth-order valence-corrected chi connectivity index (χ4v) is 1.80. The smallest absolute Gasteiger partial charge is 0.238 e. The molecular formula is C14H22N4O2. The number of oxime groups is 1. The Labute approximate surface area is 119 Å². The molecule has 0 radical (unpaired) electrons. The van der Waals surface area contributed by atoms with E-state index in [0.717, 1.165) is 5.69 Å². The highest BCUT2D eigenvalue weighted by molar-refractivity contribution is 6.12. The van der Waals surface area contributed by atoms with Crippen molar-refractivity contribution in [2.75, 3.05) is 24.3 Å². The third kappa shape index (κ3) is 3.01. The van der Waals surface area contributed by atoms with Gasteiger partial charge in [0, 0.05) is 14.1 Å². The van der Waals surface area contributed by atoms with Gasteiger partial charge in [-0.25, -0.2) is 0 Å². The summed E-state index contributed by atoms with van der Waals surface area (Å²) in [5, 5.41) is 14.7. The number of hydrogen-bond acceptors (Lipinski definition) is 4. The number of nitrogens with zero attached hydrogens (tertiary/aromatic N) is 2. The van der Waals surface area contributed by atoms with Crippen molar-refractivity contribution in [1.82, 2.24) is 0 Å². The molecule has 1 unspecified atom stereocenters. The van der Waals surface area contributed by atoms with Crippen LogP contribution < -0.4 is 16.0 Å². The van der Waals surface area contributed by atoms with Gasteiger partial charge in [0.1, 0.15) is 5.41 Å². The average molecular weight is 278 g/mol. The first-order valence-electron chi connectivity index (χ1n) is 6.42. The van der Waals surface area contributed by atoms with Crippen LogP contribution in [0.1, 0.15) is 20.3 Å². The normalized spacial score (nSPS) is 14.5. The zero-order valence-electron chi connectivity index (χ0n) is 12.3. The van der Waals surface area contributed by atoms with Crippen LogP contribution in [0, 0.1) is 5.41 Å². The van der Waals surface area contributed by atoms with Crippen molar-refractivity contribution in [3.05, 3.63) is 24.3 Å². The predicted octanol–water partition coefficient (Wildman–Crippen LogP) is 1.85. The first-order valence-corrected chi connectivity index (χ1v) is 6.42. The third-order valence-corrected chi connectivity index (χ3v) is 3.52. The largest absolute Gasteiger partial charge is 0.409 e.